The number of nitrogens with one attached hydrogen (secondary N) is 1. The van der Waals surface area contributed by atoms with Gasteiger partial charge >= 0.3 is 0 Å². The fraction of sp³-hybridized carbons (Fsp3) is 0.100. The second-order valence-electron chi connectivity index (χ2n) is 6.07. The summed E-state index contributed by atoms with van der Waals surface area (Å²) >= 11 is 6.05. The lowest BCUT2D eigenvalue weighted by Crippen LogP contribution is -2.12. The summed E-state index contributed by atoms with van der Waals surface area (Å²) in [7, 11) is 0. The van der Waals surface area contributed by atoms with Crippen molar-refractivity contribution in [2.24, 2.45) is 0 Å². The highest BCUT2D eigenvalue weighted by molar-refractivity contribution is 6.30. The first-order valence-corrected chi connectivity index (χ1v) is 8.53. The number of carbonyl (C=O) groups is 1. The number of amides is 1. The van der Waals surface area contributed by atoms with Gasteiger partial charge in [-0.3, -0.25) is 4.79 Å². The number of aryl methyl sites for hydroxylation is 2. The molecule has 0 aliphatic heterocycles. The summed E-state index contributed by atoms with van der Waals surface area (Å²) in [5, 5.41) is 8.82. The highest BCUT2D eigenvalue weighted by Gasteiger charge is 2.19. The number of para-hydroxylation sites is 1. The third-order valence-electron chi connectivity index (χ3n) is 4.23. The molecule has 0 fully saturated rings. The van der Waals surface area contributed by atoms with Crippen LogP contribution in [-0.4, -0.2) is 15.7 Å². The average molecular weight is 366 g/mol. The van der Waals surface area contributed by atoms with Crippen molar-refractivity contribution in [1.29, 1.82) is 0 Å². The van der Waals surface area contributed by atoms with Gasteiger partial charge < -0.3 is 9.73 Å². The van der Waals surface area contributed by atoms with Crippen LogP contribution in [0.3, 0.4) is 0 Å². The Kier molecular flexibility index (Phi) is 4.01. The van der Waals surface area contributed by atoms with E-state index in [1.165, 1.54) is 0 Å². The summed E-state index contributed by atoms with van der Waals surface area (Å²) in [5.74, 6) is 0.419. The molecule has 2 aromatic heterocycles. The van der Waals surface area contributed by atoms with Crippen LogP contribution in [0.4, 0.5) is 5.82 Å². The number of hydrogen-bond donors (Lipinski definition) is 1. The molecule has 0 aliphatic rings. The number of fused-ring (bicyclic) bond motifs is 1. The minimum absolute atomic E-state index is 0.293. The van der Waals surface area contributed by atoms with Crippen molar-refractivity contribution in [3.05, 3.63) is 76.6 Å². The van der Waals surface area contributed by atoms with Gasteiger partial charge in [-0.2, -0.15) is 0 Å². The molecule has 0 aliphatic carbocycles. The second-order valence-corrected chi connectivity index (χ2v) is 6.51. The Morgan fingerprint density at radius 2 is 1.92 bits per heavy atom. The van der Waals surface area contributed by atoms with Gasteiger partial charge in [-0.25, -0.2) is 4.68 Å². The van der Waals surface area contributed by atoms with Crippen molar-refractivity contribution in [3.8, 4) is 5.69 Å². The molecular weight excluding hydrogens is 350 g/mol. The zero-order chi connectivity index (χ0) is 18.3. The minimum atomic E-state index is -0.325. The first kappa shape index (κ1) is 16.4. The van der Waals surface area contributed by atoms with Gasteiger partial charge in [0.1, 0.15) is 5.58 Å². The number of hydrogen-bond acceptors (Lipinski definition) is 3. The Hall–Kier alpha value is -3.05. The highest BCUT2D eigenvalue weighted by atomic mass is 35.5. The van der Waals surface area contributed by atoms with E-state index >= 15 is 0 Å². The molecule has 0 saturated carbocycles. The molecule has 0 saturated heterocycles. The lowest BCUT2D eigenvalue weighted by atomic mass is 10.1. The van der Waals surface area contributed by atoms with Gasteiger partial charge in [0.15, 0.2) is 11.6 Å². The molecule has 130 valence electrons. The van der Waals surface area contributed by atoms with E-state index in [0.717, 1.165) is 22.3 Å². The maximum atomic E-state index is 12.6. The number of carbonyl (C=O) groups excluding carboxylic acids is 1. The number of nitrogens with zero attached hydrogens (tertiary/aromatic N) is 2. The Balaban J connectivity index is 1.64. The zero-order valence-corrected chi connectivity index (χ0v) is 15.0. The largest absolute Gasteiger partial charge is 0.451 e. The first-order valence-electron chi connectivity index (χ1n) is 8.15. The van der Waals surface area contributed by atoms with E-state index in [-0.39, 0.29) is 5.91 Å². The third kappa shape index (κ3) is 2.86. The van der Waals surface area contributed by atoms with Crippen molar-refractivity contribution in [1.82, 2.24) is 9.78 Å². The first-order chi connectivity index (χ1) is 12.5. The number of furan rings is 1. The van der Waals surface area contributed by atoms with Gasteiger partial charge in [-0.15, -0.1) is 5.10 Å². The Labute approximate surface area is 155 Å². The van der Waals surface area contributed by atoms with E-state index in [1.807, 2.05) is 56.3 Å². The van der Waals surface area contributed by atoms with Crippen LogP contribution in [0.25, 0.3) is 16.7 Å². The van der Waals surface area contributed by atoms with Crippen molar-refractivity contribution in [2.75, 3.05) is 5.32 Å². The van der Waals surface area contributed by atoms with Gasteiger partial charge in [0, 0.05) is 27.7 Å². The van der Waals surface area contributed by atoms with E-state index in [9.17, 15) is 4.79 Å². The lowest BCUT2D eigenvalue weighted by molar-refractivity contribution is 0.0997. The van der Waals surface area contributed by atoms with E-state index < -0.39 is 0 Å². The molecule has 1 N–H and O–H groups in total. The molecule has 2 aromatic carbocycles. The van der Waals surface area contributed by atoms with Crippen LogP contribution in [0.1, 0.15) is 21.8 Å². The summed E-state index contributed by atoms with van der Waals surface area (Å²) in [6.45, 7) is 3.78. The fourth-order valence-corrected chi connectivity index (χ4v) is 3.15. The monoisotopic (exact) mass is 365 g/mol. The molecule has 4 rings (SSSR count). The third-order valence-corrected chi connectivity index (χ3v) is 4.47. The van der Waals surface area contributed by atoms with Crippen molar-refractivity contribution < 1.29 is 9.21 Å². The quantitative estimate of drug-likeness (QED) is 0.546. The Morgan fingerprint density at radius 3 is 2.69 bits per heavy atom. The van der Waals surface area contributed by atoms with Crippen molar-refractivity contribution in [3.63, 3.8) is 0 Å². The zero-order valence-electron chi connectivity index (χ0n) is 14.3. The van der Waals surface area contributed by atoms with Crippen LogP contribution < -0.4 is 5.32 Å². The molecule has 5 nitrogen and oxygen atoms in total. The molecule has 2 heterocycles. The van der Waals surface area contributed by atoms with Crippen LogP contribution in [0.15, 0.2) is 59.0 Å². The minimum Gasteiger partial charge on any atom is -0.451 e. The predicted octanol–water partition coefficient (Wildman–Crippen LogP) is 5.14. The molecule has 0 spiro atoms. The smallest absolute Gasteiger partial charge is 0.292 e. The number of anilines is 1. The Bertz CT molecular complexity index is 1130. The maximum absolute atomic E-state index is 12.6. The summed E-state index contributed by atoms with van der Waals surface area (Å²) in [6, 6.07) is 16.8. The van der Waals surface area contributed by atoms with Gasteiger partial charge in [0.25, 0.3) is 5.91 Å². The summed E-state index contributed by atoms with van der Waals surface area (Å²) in [5.41, 5.74) is 3.21. The number of benzene rings is 2. The molecule has 26 heavy (non-hydrogen) atoms. The van der Waals surface area contributed by atoms with Gasteiger partial charge in [0.05, 0.1) is 5.69 Å². The van der Waals surface area contributed by atoms with Crippen LogP contribution >= 0.6 is 11.6 Å². The van der Waals surface area contributed by atoms with E-state index in [2.05, 4.69) is 10.4 Å². The molecule has 0 unspecified atom stereocenters. The molecule has 0 radical (unpaired) electrons. The topological polar surface area (TPSA) is 60.1 Å². The predicted molar refractivity (Wildman–Crippen MR) is 102 cm³/mol. The Morgan fingerprint density at radius 1 is 1.12 bits per heavy atom. The average Bonchev–Trinajstić information content (AvgIpc) is 3.15. The molecule has 1 amide bonds. The molecule has 6 heteroatoms. The number of aromatic nitrogens is 2. The van der Waals surface area contributed by atoms with Crippen LogP contribution in [-0.2, 0) is 0 Å². The summed E-state index contributed by atoms with van der Waals surface area (Å²) < 4.78 is 7.44. The SMILES string of the molecule is Cc1c(C(=O)Nc2cc(C)n(-c3cccc(Cl)c3)n2)oc2ccccc12. The van der Waals surface area contributed by atoms with Crippen LogP contribution in [0.2, 0.25) is 5.02 Å². The number of halogens is 1. The molecule has 4 aromatic rings. The highest BCUT2D eigenvalue weighted by Crippen LogP contribution is 2.26. The number of rotatable bonds is 3. The van der Waals surface area contributed by atoms with Crippen LogP contribution in [0, 0.1) is 13.8 Å². The van der Waals surface area contributed by atoms with Gasteiger partial charge in [0.2, 0.25) is 0 Å². The van der Waals surface area contributed by atoms with Crippen LogP contribution in [0.5, 0.6) is 0 Å². The molecular formula is C20H16ClN3O2. The van der Waals surface area contributed by atoms with Gasteiger partial charge in [-0.1, -0.05) is 35.9 Å². The van der Waals surface area contributed by atoms with E-state index in [4.69, 9.17) is 16.0 Å². The summed E-state index contributed by atoms with van der Waals surface area (Å²) in [6.07, 6.45) is 0. The molecule has 0 bridgehead atoms. The fourth-order valence-electron chi connectivity index (χ4n) is 2.97. The van der Waals surface area contributed by atoms with Crippen molar-refractivity contribution >= 4 is 34.3 Å². The van der Waals surface area contributed by atoms with E-state index in [0.29, 0.717) is 22.2 Å². The summed E-state index contributed by atoms with van der Waals surface area (Å²) in [4.78, 5) is 12.6. The lowest BCUT2D eigenvalue weighted by Gasteiger charge is -2.04. The van der Waals surface area contributed by atoms with Crippen molar-refractivity contribution in [2.45, 2.75) is 13.8 Å². The normalized spacial score (nSPS) is 11.0. The standard InChI is InChI=1S/C20H16ClN3O2/c1-12-10-18(23-24(12)15-7-5-6-14(21)11-15)22-20(25)19-13(2)16-8-3-4-9-17(16)26-19/h3-11H,1-2H3,(H,22,23,25). The molecule has 0 atom stereocenters. The van der Waals surface area contributed by atoms with Gasteiger partial charge in [-0.05, 0) is 38.1 Å². The maximum Gasteiger partial charge on any atom is 0.292 e. The second kappa shape index (κ2) is 6.35. The van der Waals surface area contributed by atoms with E-state index in [1.54, 1.807) is 16.8 Å².